The van der Waals surface area contributed by atoms with Crippen LogP contribution in [0.1, 0.15) is 36.0 Å². The Bertz CT molecular complexity index is 601. The van der Waals surface area contributed by atoms with Gasteiger partial charge in [0.05, 0.1) is 6.54 Å². The molecular weight excluding hydrogens is 328 g/mol. The van der Waals surface area contributed by atoms with Gasteiger partial charge < -0.3 is 4.57 Å². The first-order valence-corrected chi connectivity index (χ1v) is 8.24. The molecule has 1 fully saturated rings. The van der Waals surface area contributed by atoms with Gasteiger partial charge in [-0.25, -0.2) is 0 Å². The lowest BCUT2D eigenvalue weighted by molar-refractivity contribution is 0.318. The molecule has 1 aromatic heterocycles. The third-order valence-electron chi connectivity index (χ3n) is 4.05. The molecule has 2 aromatic rings. The summed E-state index contributed by atoms with van der Waals surface area (Å²) in [6.07, 6.45) is 3.59. The van der Waals surface area contributed by atoms with E-state index in [0.29, 0.717) is 5.92 Å². The predicted molar refractivity (Wildman–Crippen MR) is 87.2 cm³/mol. The standard InChI is InChI=1S/C16H21BrN4/c1-20(10-9-12-3-7-14(17)8-4-12)11-15-18-19-16(21(15)2)13-5-6-13/h3-4,7-8,13H,5-6,9-11H2,1-2H3. The van der Waals surface area contributed by atoms with Crippen molar-refractivity contribution >= 4 is 15.9 Å². The maximum atomic E-state index is 4.35. The molecule has 0 bridgehead atoms. The van der Waals surface area contributed by atoms with E-state index in [1.165, 1.54) is 18.4 Å². The molecule has 0 aliphatic heterocycles. The Hall–Kier alpha value is -1.20. The van der Waals surface area contributed by atoms with Crippen molar-refractivity contribution in [3.63, 3.8) is 0 Å². The first kappa shape index (κ1) is 14.7. The van der Waals surface area contributed by atoms with Crippen LogP contribution in [-0.4, -0.2) is 33.3 Å². The SMILES string of the molecule is CN(CCc1ccc(Br)cc1)Cc1nnc(C2CC2)n1C. The van der Waals surface area contributed by atoms with E-state index in [0.717, 1.165) is 35.6 Å². The van der Waals surface area contributed by atoms with Crippen LogP contribution in [0.25, 0.3) is 0 Å². The average Bonchev–Trinajstić information content (AvgIpc) is 3.25. The average molecular weight is 349 g/mol. The highest BCUT2D eigenvalue weighted by Crippen LogP contribution is 2.38. The Balaban J connectivity index is 1.54. The Morgan fingerprint density at radius 1 is 1.24 bits per heavy atom. The summed E-state index contributed by atoms with van der Waals surface area (Å²) >= 11 is 3.47. The van der Waals surface area contributed by atoms with E-state index in [1.54, 1.807) is 0 Å². The Morgan fingerprint density at radius 2 is 1.95 bits per heavy atom. The smallest absolute Gasteiger partial charge is 0.146 e. The minimum atomic E-state index is 0.657. The molecular formula is C16H21BrN4. The van der Waals surface area contributed by atoms with E-state index in [9.17, 15) is 0 Å². The fourth-order valence-electron chi connectivity index (χ4n) is 2.50. The highest BCUT2D eigenvalue weighted by Gasteiger charge is 2.29. The number of rotatable bonds is 6. The van der Waals surface area contributed by atoms with Crippen molar-refractivity contribution in [2.24, 2.45) is 7.05 Å². The van der Waals surface area contributed by atoms with Gasteiger partial charge in [-0.1, -0.05) is 28.1 Å². The highest BCUT2D eigenvalue weighted by molar-refractivity contribution is 9.10. The second-order valence-electron chi connectivity index (χ2n) is 5.92. The predicted octanol–water partition coefficient (Wildman–Crippen LogP) is 3.13. The molecule has 5 heteroatoms. The third kappa shape index (κ3) is 3.71. The van der Waals surface area contributed by atoms with Gasteiger partial charge in [0, 0.05) is 24.0 Å². The molecule has 4 nitrogen and oxygen atoms in total. The van der Waals surface area contributed by atoms with Crippen LogP contribution < -0.4 is 0 Å². The second-order valence-corrected chi connectivity index (χ2v) is 6.84. The number of likely N-dealkylation sites (N-methyl/N-ethyl adjacent to an activating group) is 1. The molecule has 1 saturated carbocycles. The molecule has 0 radical (unpaired) electrons. The number of aromatic nitrogens is 3. The minimum Gasteiger partial charge on any atom is -0.317 e. The van der Waals surface area contributed by atoms with Gasteiger partial charge in [-0.05, 0) is 44.0 Å². The molecule has 0 spiro atoms. The van der Waals surface area contributed by atoms with Crippen LogP contribution in [0.5, 0.6) is 0 Å². The van der Waals surface area contributed by atoms with Gasteiger partial charge in [0.15, 0.2) is 0 Å². The second kappa shape index (κ2) is 6.28. The van der Waals surface area contributed by atoms with Gasteiger partial charge in [-0.2, -0.15) is 0 Å². The van der Waals surface area contributed by atoms with Crippen LogP contribution in [0, 0.1) is 0 Å². The highest BCUT2D eigenvalue weighted by atomic mass is 79.9. The first-order valence-electron chi connectivity index (χ1n) is 7.44. The first-order chi connectivity index (χ1) is 10.1. The molecule has 0 saturated heterocycles. The van der Waals surface area contributed by atoms with Crippen molar-refractivity contribution < 1.29 is 0 Å². The van der Waals surface area contributed by atoms with E-state index in [4.69, 9.17) is 0 Å². The summed E-state index contributed by atoms with van der Waals surface area (Å²) in [4.78, 5) is 2.31. The quantitative estimate of drug-likeness (QED) is 0.804. The Kier molecular flexibility index (Phi) is 4.40. The molecule has 1 aromatic carbocycles. The van der Waals surface area contributed by atoms with Crippen molar-refractivity contribution in [2.75, 3.05) is 13.6 Å². The maximum absolute atomic E-state index is 4.35. The minimum absolute atomic E-state index is 0.657. The zero-order valence-electron chi connectivity index (χ0n) is 12.6. The Morgan fingerprint density at radius 3 is 2.62 bits per heavy atom. The molecule has 0 amide bonds. The molecule has 21 heavy (non-hydrogen) atoms. The van der Waals surface area contributed by atoms with Crippen LogP contribution in [0.4, 0.5) is 0 Å². The lowest BCUT2D eigenvalue weighted by Gasteiger charge is -2.16. The fraction of sp³-hybridized carbons (Fsp3) is 0.500. The normalized spacial score (nSPS) is 14.9. The zero-order valence-corrected chi connectivity index (χ0v) is 14.2. The molecule has 1 aliphatic rings. The molecule has 0 unspecified atom stereocenters. The van der Waals surface area contributed by atoms with Crippen LogP contribution in [0.3, 0.4) is 0 Å². The molecule has 0 N–H and O–H groups in total. The number of hydrogen-bond acceptors (Lipinski definition) is 3. The largest absolute Gasteiger partial charge is 0.317 e. The van der Waals surface area contributed by atoms with Crippen LogP contribution >= 0.6 is 15.9 Å². The summed E-state index contributed by atoms with van der Waals surface area (Å²) in [6, 6.07) is 8.54. The lowest BCUT2D eigenvalue weighted by atomic mass is 10.1. The van der Waals surface area contributed by atoms with E-state index in [-0.39, 0.29) is 0 Å². The van der Waals surface area contributed by atoms with Crippen LogP contribution in [0.2, 0.25) is 0 Å². The number of halogens is 1. The van der Waals surface area contributed by atoms with Gasteiger partial charge in [0.25, 0.3) is 0 Å². The van der Waals surface area contributed by atoms with E-state index in [1.807, 2.05) is 0 Å². The molecule has 3 rings (SSSR count). The monoisotopic (exact) mass is 348 g/mol. The van der Waals surface area contributed by atoms with Gasteiger partial charge in [-0.3, -0.25) is 4.90 Å². The molecule has 1 heterocycles. The number of benzene rings is 1. The van der Waals surface area contributed by atoms with Crippen LogP contribution in [-0.2, 0) is 20.0 Å². The van der Waals surface area contributed by atoms with Gasteiger partial charge in [-0.15, -0.1) is 10.2 Å². The summed E-state index contributed by atoms with van der Waals surface area (Å²) < 4.78 is 3.31. The van der Waals surface area contributed by atoms with E-state index >= 15 is 0 Å². The summed E-state index contributed by atoms with van der Waals surface area (Å²) in [5, 5.41) is 8.69. The van der Waals surface area contributed by atoms with Gasteiger partial charge >= 0.3 is 0 Å². The molecule has 1 aliphatic carbocycles. The van der Waals surface area contributed by atoms with Gasteiger partial charge in [0.1, 0.15) is 11.6 Å². The van der Waals surface area contributed by atoms with Crippen molar-refractivity contribution in [3.8, 4) is 0 Å². The number of nitrogens with zero attached hydrogens (tertiary/aromatic N) is 4. The maximum Gasteiger partial charge on any atom is 0.146 e. The van der Waals surface area contributed by atoms with Gasteiger partial charge in [0.2, 0.25) is 0 Å². The van der Waals surface area contributed by atoms with Crippen LogP contribution in [0.15, 0.2) is 28.7 Å². The molecule has 0 atom stereocenters. The summed E-state index contributed by atoms with van der Waals surface area (Å²) in [5.74, 6) is 2.88. The van der Waals surface area contributed by atoms with E-state index < -0.39 is 0 Å². The zero-order chi connectivity index (χ0) is 14.8. The van der Waals surface area contributed by atoms with Crippen molar-refractivity contribution in [2.45, 2.75) is 31.7 Å². The molecule has 112 valence electrons. The summed E-state index contributed by atoms with van der Waals surface area (Å²) in [7, 11) is 4.23. The Labute approximate surface area is 134 Å². The van der Waals surface area contributed by atoms with E-state index in [2.05, 4.69) is 74.0 Å². The summed E-state index contributed by atoms with van der Waals surface area (Å²) in [5.41, 5.74) is 1.36. The van der Waals surface area contributed by atoms with Crippen molar-refractivity contribution in [1.82, 2.24) is 19.7 Å². The fourth-order valence-corrected chi connectivity index (χ4v) is 2.77. The topological polar surface area (TPSA) is 34.0 Å². The van der Waals surface area contributed by atoms with Crippen molar-refractivity contribution in [1.29, 1.82) is 0 Å². The number of hydrogen-bond donors (Lipinski definition) is 0. The lowest BCUT2D eigenvalue weighted by Crippen LogP contribution is -2.22. The summed E-state index contributed by atoms with van der Waals surface area (Å²) in [6.45, 7) is 1.88. The third-order valence-corrected chi connectivity index (χ3v) is 4.58. The van der Waals surface area contributed by atoms with Crippen molar-refractivity contribution in [3.05, 3.63) is 46.0 Å².